The number of nitrogens with one attached hydrogen (secondary N) is 2. The minimum absolute atomic E-state index is 0.0391. The molecule has 5 atom stereocenters. The van der Waals surface area contributed by atoms with E-state index in [1.807, 2.05) is 107 Å². The lowest BCUT2D eigenvalue weighted by Crippen LogP contribution is -2.42. The number of ether oxygens (including phenoxy) is 2. The first-order valence-corrected chi connectivity index (χ1v) is 25.0. The van der Waals surface area contributed by atoms with Crippen LogP contribution < -0.4 is 18.9 Å². The van der Waals surface area contributed by atoms with Gasteiger partial charge in [0, 0.05) is 16.0 Å². The van der Waals surface area contributed by atoms with Gasteiger partial charge in [0.1, 0.15) is 41.2 Å². The Labute approximate surface area is 317 Å². The minimum atomic E-state index is -2.98. The first-order valence-electron chi connectivity index (χ1n) is 16.6. The van der Waals surface area contributed by atoms with Crippen LogP contribution in [0.1, 0.15) is 68.2 Å². The lowest BCUT2D eigenvalue weighted by Gasteiger charge is -2.40. The van der Waals surface area contributed by atoms with E-state index in [1.165, 1.54) is 11.7 Å². The maximum absolute atomic E-state index is 13.3. The predicted molar refractivity (Wildman–Crippen MR) is 221 cm³/mol. The number of Topliss-reactive ketones (excluding diaryl/α,β-unsaturated/α-hetero) is 1. The van der Waals surface area contributed by atoms with Crippen LogP contribution in [0.4, 0.5) is 0 Å². The molecule has 0 aromatic heterocycles. The van der Waals surface area contributed by atoms with Gasteiger partial charge in [-0.3, -0.25) is 14.7 Å². The van der Waals surface area contributed by atoms with E-state index in [0.717, 1.165) is 10.8 Å². The number of esters is 1. The van der Waals surface area contributed by atoms with Crippen molar-refractivity contribution in [3.8, 4) is 11.5 Å². The molecule has 3 aromatic rings. The molecule has 3 unspecified atom stereocenters. The Kier molecular flexibility index (Phi) is 16.4. The molecule has 0 aliphatic carbocycles. The molecule has 0 bridgehead atoms. The highest BCUT2D eigenvalue weighted by molar-refractivity contribution is 8.70. The summed E-state index contributed by atoms with van der Waals surface area (Å²) >= 11 is 15.2. The van der Waals surface area contributed by atoms with Crippen molar-refractivity contribution in [3.63, 3.8) is 0 Å². The molecular formula is C36H52N2O6P2S4. The van der Waals surface area contributed by atoms with Crippen LogP contribution in [0.3, 0.4) is 0 Å². The third kappa shape index (κ3) is 13.2. The van der Waals surface area contributed by atoms with E-state index in [0.29, 0.717) is 29.8 Å². The van der Waals surface area contributed by atoms with Crippen molar-refractivity contribution in [2.45, 2.75) is 97.2 Å². The summed E-state index contributed by atoms with van der Waals surface area (Å²) in [5.41, 5.74) is 0.186. The van der Waals surface area contributed by atoms with Crippen LogP contribution in [0.5, 0.6) is 11.5 Å². The Bertz CT molecular complexity index is 1670. The zero-order valence-corrected chi connectivity index (χ0v) is 35.5. The molecule has 276 valence electrons. The van der Waals surface area contributed by atoms with Gasteiger partial charge in [-0.05, 0) is 96.0 Å². The molecular weight excluding hydrogens is 747 g/mol. The first kappa shape index (κ1) is 42.9. The van der Waals surface area contributed by atoms with Gasteiger partial charge in [-0.25, -0.2) is 5.09 Å². The average Bonchev–Trinajstić information content (AvgIpc) is 3.05. The fraction of sp³-hybridized carbons (Fsp3) is 0.500. The van der Waals surface area contributed by atoms with E-state index in [-0.39, 0.29) is 18.4 Å². The van der Waals surface area contributed by atoms with Crippen LogP contribution >= 0.6 is 35.2 Å². The number of carbonyl (C=O) groups excluding carboxylic acids is 2. The third-order valence-corrected chi connectivity index (χ3v) is 20.5. The van der Waals surface area contributed by atoms with E-state index in [2.05, 4.69) is 24.0 Å². The average molecular weight is 799 g/mol. The van der Waals surface area contributed by atoms with E-state index < -0.39 is 40.8 Å². The fourth-order valence-corrected chi connectivity index (χ4v) is 15.0. The van der Waals surface area contributed by atoms with Crippen molar-refractivity contribution in [1.82, 2.24) is 10.2 Å². The monoisotopic (exact) mass is 798 g/mol. The molecule has 8 nitrogen and oxygen atoms in total. The van der Waals surface area contributed by atoms with Crippen molar-refractivity contribution in [2.24, 2.45) is 0 Å². The van der Waals surface area contributed by atoms with Gasteiger partial charge in [0.25, 0.3) is 0 Å². The van der Waals surface area contributed by atoms with Crippen LogP contribution in [0, 0.1) is 0 Å². The third-order valence-electron chi connectivity index (χ3n) is 7.79. The summed E-state index contributed by atoms with van der Waals surface area (Å²) in [6.45, 7) is 15.3. The number of ketones is 1. The fourth-order valence-electron chi connectivity index (χ4n) is 4.72. The molecule has 0 saturated carbocycles. The Morgan fingerprint density at radius 1 is 0.860 bits per heavy atom. The maximum atomic E-state index is 13.3. The molecule has 0 heterocycles. The van der Waals surface area contributed by atoms with Crippen LogP contribution in [-0.4, -0.2) is 59.1 Å². The molecule has 0 spiro atoms. The predicted octanol–water partition coefficient (Wildman–Crippen LogP) is 9.72. The van der Waals surface area contributed by atoms with Gasteiger partial charge in [-0.2, -0.15) is 11.8 Å². The number of carbonyl (C=O) groups is 2. The molecule has 0 aliphatic heterocycles. The zero-order valence-electron chi connectivity index (χ0n) is 30.5. The smallest absolute Gasteiger partial charge is 0.323 e. The topological polar surface area (TPSA) is 95.1 Å². The van der Waals surface area contributed by atoms with E-state index in [4.69, 9.17) is 41.8 Å². The largest absolute Gasteiger partial charge is 0.462 e. The van der Waals surface area contributed by atoms with Gasteiger partial charge in [-0.15, -0.1) is 0 Å². The van der Waals surface area contributed by atoms with Gasteiger partial charge in [0.15, 0.2) is 12.2 Å². The Hall–Kier alpha value is -1.46. The zero-order chi connectivity index (χ0) is 37.2. The molecule has 3 rings (SSSR count). The van der Waals surface area contributed by atoms with E-state index in [9.17, 15) is 9.59 Å². The van der Waals surface area contributed by atoms with Crippen molar-refractivity contribution < 1.29 is 27.8 Å². The SMILES string of the molecule is CSCP(=S)(N[C@@H](C)C(=O)OC(C)CCC(C)(C)P(=S)(N[C@@H](C)C(=O)COC(C)(C)C)Oc1cccc2ccccc12)SOc1ccccc1. The van der Waals surface area contributed by atoms with E-state index in [1.54, 1.807) is 25.6 Å². The van der Waals surface area contributed by atoms with Crippen molar-refractivity contribution in [3.05, 3.63) is 72.8 Å². The first-order chi connectivity index (χ1) is 23.4. The van der Waals surface area contributed by atoms with Gasteiger partial charge >= 0.3 is 5.97 Å². The quantitative estimate of drug-likeness (QED) is 0.0648. The Morgan fingerprint density at radius 2 is 1.50 bits per heavy atom. The summed E-state index contributed by atoms with van der Waals surface area (Å²) in [6, 6.07) is 22.1. The van der Waals surface area contributed by atoms with Crippen LogP contribution in [0.25, 0.3) is 10.8 Å². The highest BCUT2D eigenvalue weighted by atomic mass is 32.9. The number of hydrogen-bond acceptors (Lipinski definition) is 10. The Balaban J connectivity index is 1.72. The summed E-state index contributed by atoms with van der Waals surface area (Å²) in [5, 5.41) is 5.85. The normalized spacial score (nSPS) is 16.4. The highest BCUT2D eigenvalue weighted by Crippen LogP contribution is 2.59. The number of thioether (sulfide) groups is 1. The summed E-state index contributed by atoms with van der Waals surface area (Å²) in [7, 11) is 0. The standard InChI is InChI=1S/C36H52N2O6P2S4/c1-26(42-34(40)28(3)37-45(47,25-49-9)50-44-30-18-11-10-12-19-30)22-23-36(7,8)46(48,38-27(2)32(39)24-41-35(4,5)6)43-33-21-15-17-29-16-13-14-20-31(29)33/h10-21,26-28H,22-25H2,1-9H3,(H,37,47)(H,38,48)/t26?,27-,28-,45?,46?/m0/s1. The molecule has 0 amide bonds. The molecule has 0 saturated heterocycles. The summed E-state index contributed by atoms with van der Waals surface area (Å²) in [6.07, 6.45) is -0.294. The lowest BCUT2D eigenvalue weighted by atomic mass is 10.0. The Morgan fingerprint density at radius 3 is 2.16 bits per heavy atom. The van der Waals surface area contributed by atoms with Crippen LogP contribution in [0.15, 0.2) is 72.8 Å². The minimum Gasteiger partial charge on any atom is -0.462 e. The van der Waals surface area contributed by atoms with Gasteiger partial charge in [0.05, 0.1) is 17.7 Å². The number of fused-ring (bicyclic) bond motifs is 1. The molecule has 50 heavy (non-hydrogen) atoms. The van der Waals surface area contributed by atoms with Gasteiger partial charge in [-0.1, -0.05) is 80.3 Å². The number of rotatable bonds is 20. The maximum Gasteiger partial charge on any atom is 0.323 e. The molecule has 0 aliphatic rings. The summed E-state index contributed by atoms with van der Waals surface area (Å²) in [4.78, 5) is 26.5. The lowest BCUT2D eigenvalue weighted by molar-refractivity contribution is -0.150. The van der Waals surface area contributed by atoms with Crippen molar-refractivity contribution in [2.75, 3.05) is 18.4 Å². The number of hydrogen-bond donors (Lipinski definition) is 2. The van der Waals surface area contributed by atoms with Gasteiger partial charge < -0.3 is 18.2 Å². The summed E-state index contributed by atoms with van der Waals surface area (Å²) in [5.74, 6) is 0.878. The molecule has 14 heteroatoms. The van der Waals surface area contributed by atoms with Crippen molar-refractivity contribution in [1.29, 1.82) is 0 Å². The molecule has 0 radical (unpaired) electrons. The van der Waals surface area contributed by atoms with Crippen molar-refractivity contribution >= 4 is 81.4 Å². The van der Waals surface area contributed by atoms with Crippen LogP contribution in [0.2, 0.25) is 0 Å². The second kappa shape index (κ2) is 19.0. The molecule has 3 aromatic carbocycles. The number of benzene rings is 3. The number of para-hydroxylation sites is 1. The van der Waals surface area contributed by atoms with E-state index >= 15 is 0 Å². The second-order valence-corrected chi connectivity index (χ2v) is 26.6. The molecule has 0 fully saturated rings. The van der Waals surface area contributed by atoms with Gasteiger partial charge in [0.2, 0.25) is 0 Å². The molecule has 2 N–H and O–H groups in total. The second-order valence-electron chi connectivity index (χ2n) is 13.8. The highest BCUT2D eigenvalue weighted by Gasteiger charge is 2.41. The van der Waals surface area contributed by atoms with Crippen LogP contribution in [-0.2, 0) is 42.7 Å². The summed E-state index contributed by atoms with van der Waals surface area (Å²) < 4.78 is 24.4.